The average Bonchev–Trinajstić information content (AvgIpc) is 3.05. The molecular weight excluding hydrogens is 350 g/mol. The zero-order chi connectivity index (χ0) is 19.8. The molecule has 2 atom stereocenters. The summed E-state index contributed by atoms with van der Waals surface area (Å²) in [5.74, 6) is 0.329. The third-order valence-electron chi connectivity index (χ3n) is 6.00. The molecule has 1 aliphatic rings. The second kappa shape index (κ2) is 7.30. The molecule has 146 valence electrons. The van der Waals surface area contributed by atoms with Crippen molar-refractivity contribution >= 4 is 16.8 Å². The van der Waals surface area contributed by atoms with Crippen molar-refractivity contribution in [2.75, 3.05) is 0 Å². The van der Waals surface area contributed by atoms with Gasteiger partial charge in [0.05, 0.1) is 16.5 Å². The molecule has 0 aliphatic heterocycles. The monoisotopic (exact) mass is 377 g/mol. The number of amides is 1. The highest BCUT2D eigenvalue weighted by molar-refractivity contribution is 6.07. The summed E-state index contributed by atoms with van der Waals surface area (Å²) in [6, 6.07) is 10.7. The molecule has 1 amide bonds. The molecule has 2 heterocycles. The number of benzene rings is 1. The van der Waals surface area contributed by atoms with Crippen LogP contribution < -0.4 is 10.9 Å². The van der Waals surface area contributed by atoms with E-state index in [9.17, 15) is 9.59 Å². The fourth-order valence-corrected chi connectivity index (χ4v) is 4.69. The van der Waals surface area contributed by atoms with E-state index in [2.05, 4.69) is 29.6 Å². The van der Waals surface area contributed by atoms with Crippen LogP contribution in [0.5, 0.6) is 0 Å². The van der Waals surface area contributed by atoms with Crippen LogP contribution in [-0.4, -0.2) is 21.1 Å². The fraction of sp³-hybridized carbons (Fsp3) is 0.391. The highest BCUT2D eigenvalue weighted by atomic mass is 16.2. The summed E-state index contributed by atoms with van der Waals surface area (Å²) < 4.78 is 3.44. The minimum atomic E-state index is -0.146. The fourth-order valence-electron chi connectivity index (χ4n) is 4.69. The lowest BCUT2D eigenvalue weighted by Crippen LogP contribution is -2.38. The van der Waals surface area contributed by atoms with E-state index in [1.165, 1.54) is 5.56 Å². The minimum Gasteiger partial charge on any atom is -0.349 e. The molecule has 0 bridgehead atoms. The number of fused-ring (bicyclic) bond motifs is 1. The first-order chi connectivity index (χ1) is 13.5. The van der Waals surface area contributed by atoms with E-state index in [1.807, 2.05) is 30.8 Å². The molecule has 0 spiro atoms. The topological polar surface area (TPSA) is 56.0 Å². The van der Waals surface area contributed by atoms with Crippen LogP contribution in [0.3, 0.4) is 0 Å². The number of aryl methyl sites for hydroxylation is 3. The first-order valence-corrected chi connectivity index (χ1v) is 9.96. The molecule has 1 aliphatic carbocycles. The molecule has 3 aromatic rings. The molecule has 2 aromatic heterocycles. The van der Waals surface area contributed by atoms with Gasteiger partial charge in [-0.1, -0.05) is 36.8 Å². The lowest BCUT2D eigenvalue weighted by molar-refractivity contribution is 0.0926. The van der Waals surface area contributed by atoms with E-state index in [1.54, 1.807) is 17.8 Å². The van der Waals surface area contributed by atoms with E-state index in [0.717, 1.165) is 36.8 Å². The number of nitrogens with one attached hydrogen (secondary N) is 1. The number of pyridine rings is 1. The highest BCUT2D eigenvalue weighted by Gasteiger charge is 2.26. The van der Waals surface area contributed by atoms with Crippen LogP contribution in [0.1, 0.15) is 53.1 Å². The standard InChI is InChI=1S/C23H27N3O2/c1-15-13-26(3)23(28)20-19(14-25(2)21(15)20)22(27)24-18-11-7-10-17(12-18)16-8-5-4-6-9-16/h4-6,8-9,13-14,17-18H,7,10-12H2,1-3H3,(H,24,27). The molecule has 1 saturated carbocycles. The second-order valence-corrected chi connectivity index (χ2v) is 8.05. The maximum Gasteiger partial charge on any atom is 0.260 e. The number of aromatic nitrogens is 2. The van der Waals surface area contributed by atoms with Gasteiger partial charge in [-0.15, -0.1) is 0 Å². The Morgan fingerprint density at radius 3 is 2.57 bits per heavy atom. The van der Waals surface area contributed by atoms with Crippen molar-refractivity contribution < 1.29 is 4.79 Å². The number of hydrogen-bond donors (Lipinski definition) is 1. The summed E-state index contributed by atoms with van der Waals surface area (Å²) in [4.78, 5) is 25.8. The van der Waals surface area contributed by atoms with Crippen molar-refractivity contribution in [3.63, 3.8) is 0 Å². The van der Waals surface area contributed by atoms with Crippen LogP contribution in [-0.2, 0) is 14.1 Å². The Hall–Kier alpha value is -2.82. The van der Waals surface area contributed by atoms with E-state index < -0.39 is 0 Å². The number of carbonyl (C=O) groups is 1. The largest absolute Gasteiger partial charge is 0.349 e. The van der Waals surface area contributed by atoms with Crippen molar-refractivity contribution in [3.8, 4) is 0 Å². The summed E-state index contributed by atoms with van der Waals surface area (Å²) in [6.45, 7) is 1.97. The van der Waals surface area contributed by atoms with Gasteiger partial charge >= 0.3 is 0 Å². The molecule has 4 rings (SSSR count). The Kier molecular flexibility index (Phi) is 4.84. The number of nitrogens with zero attached hydrogens (tertiary/aromatic N) is 2. The summed E-state index contributed by atoms with van der Waals surface area (Å²) in [6.07, 6.45) is 7.78. The van der Waals surface area contributed by atoms with Crippen LogP contribution >= 0.6 is 0 Å². The molecule has 0 radical (unpaired) electrons. The van der Waals surface area contributed by atoms with Crippen LogP contribution in [0.25, 0.3) is 10.9 Å². The third kappa shape index (κ3) is 3.26. The van der Waals surface area contributed by atoms with E-state index >= 15 is 0 Å². The summed E-state index contributed by atoms with van der Waals surface area (Å²) in [5, 5.41) is 3.72. The summed E-state index contributed by atoms with van der Waals surface area (Å²) >= 11 is 0. The van der Waals surface area contributed by atoms with Gasteiger partial charge in [0, 0.05) is 32.5 Å². The normalized spacial score (nSPS) is 19.7. The van der Waals surface area contributed by atoms with Gasteiger partial charge in [-0.05, 0) is 43.2 Å². The van der Waals surface area contributed by atoms with Crippen molar-refractivity contribution in [2.24, 2.45) is 14.1 Å². The molecule has 2 unspecified atom stereocenters. The Balaban J connectivity index is 1.60. The molecule has 0 saturated heterocycles. The van der Waals surface area contributed by atoms with E-state index in [0.29, 0.717) is 16.9 Å². The van der Waals surface area contributed by atoms with Gasteiger partial charge in [0.25, 0.3) is 11.5 Å². The molecule has 28 heavy (non-hydrogen) atoms. The van der Waals surface area contributed by atoms with Crippen LogP contribution in [0, 0.1) is 6.92 Å². The molecule has 1 aromatic carbocycles. The SMILES string of the molecule is Cc1cn(C)c(=O)c2c(C(=O)NC3CCCC(c4ccccc4)C3)cn(C)c12. The van der Waals surface area contributed by atoms with Crippen molar-refractivity contribution in [2.45, 2.75) is 44.6 Å². The lowest BCUT2D eigenvalue weighted by Gasteiger charge is -2.30. The Morgan fingerprint density at radius 2 is 1.82 bits per heavy atom. The van der Waals surface area contributed by atoms with E-state index in [-0.39, 0.29) is 17.5 Å². The van der Waals surface area contributed by atoms with E-state index in [4.69, 9.17) is 0 Å². The molecule has 5 nitrogen and oxygen atoms in total. The minimum absolute atomic E-state index is 0.128. The lowest BCUT2D eigenvalue weighted by atomic mass is 9.81. The van der Waals surface area contributed by atoms with Crippen LogP contribution in [0.4, 0.5) is 0 Å². The maximum atomic E-state index is 13.1. The number of hydrogen-bond acceptors (Lipinski definition) is 2. The van der Waals surface area contributed by atoms with Gasteiger partial charge in [0.15, 0.2) is 0 Å². The smallest absolute Gasteiger partial charge is 0.260 e. The Labute approximate surface area is 165 Å². The van der Waals surface area contributed by atoms with Gasteiger partial charge < -0.3 is 14.5 Å². The first kappa shape index (κ1) is 18.5. The Morgan fingerprint density at radius 1 is 1.07 bits per heavy atom. The van der Waals surface area contributed by atoms with Crippen molar-refractivity contribution in [1.29, 1.82) is 0 Å². The first-order valence-electron chi connectivity index (χ1n) is 9.96. The maximum absolute atomic E-state index is 13.1. The predicted molar refractivity (Wildman–Crippen MR) is 112 cm³/mol. The average molecular weight is 377 g/mol. The molecule has 1 N–H and O–H groups in total. The quantitative estimate of drug-likeness (QED) is 0.758. The van der Waals surface area contributed by atoms with Gasteiger partial charge in [-0.25, -0.2) is 0 Å². The van der Waals surface area contributed by atoms with Crippen LogP contribution in [0.2, 0.25) is 0 Å². The van der Waals surface area contributed by atoms with Gasteiger partial charge in [-0.3, -0.25) is 9.59 Å². The predicted octanol–water partition coefficient (Wildman–Crippen LogP) is 3.64. The van der Waals surface area contributed by atoms with Crippen molar-refractivity contribution in [1.82, 2.24) is 14.5 Å². The highest BCUT2D eigenvalue weighted by Crippen LogP contribution is 2.33. The number of carbonyl (C=O) groups excluding carboxylic acids is 1. The second-order valence-electron chi connectivity index (χ2n) is 8.05. The zero-order valence-electron chi connectivity index (χ0n) is 16.7. The summed E-state index contributed by atoms with van der Waals surface area (Å²) in [7, 11) is 3.62. The Bertz CT molecular complexity index is 1080. The molecule has 1 fully saturated rings. The molecule has 5 heteroatoms. The van der Waals surface area contributed by atoms with Gasteiger partial charge in [-0.2, -0.15) is 0 Å². The van der Waals surface area contributed by atoms with Crippen LogP contribution in [0.15, 0.2) is 47.5 Å². The summed E-state index contributed by atoms with van der Waals surface area (Å²) in [5.41, 5.74) is 3.51. The van der Waals surface area contributed by atoms with Crippen molar-refractivity contribution in [3.05, 3.63) is 69.8 Å². The number of rotatable bonds is 3. The zero-order valence-corrected chi connectivity index (χ0v) is 16.7. The molecular formula is C23H27N3O2. The van der Waals surface area contributed by atoms with Gasteiger partial charge in [0.2, 0.25) is 0 Å². The third-order valence-corrected chi connectivity index (χ3v) is 6.00. The van der Waals surface area contributed by atoms with Gasteiger partial charge in [0.1, 0.15) is 0 Å².